The highest BCUT2D eigenvalue weighted by Crippen LogP contribution is 2.28. The molecule has 7 nitrogen and oxygen atoms in total. The smallest absolute Gasteiger partial charge is 0.260 e. The molecular weight excluding hydrogens is 455 g/mol. The molecule has 4 rings (SSSR count). The largest absolute Gasteiger partial charge is 0.301 e. The van der Waals surface area contributed by atoms with Crippen LogP contribution in [0.2, 0.25) is 5.15 Å². The van der Waals surface area contributed by atoms with Gasteiger partial charge in [-0.1, -0.05) is 11.6 Å². The van der Waals surface area contributed by atoms with E-state index in [4.69, 9.17) is 11.6 Å². The fourth-order valence-electron chi connectivity index (χ4n) is 3.28. The molecular formula is C22H16ClFN4O3S. The zero-order valence-corrected chi connectivity index (χ0v) is 18.3. The van der Waals surface area contributed by atoms with Crippen molar-refractivity contribution in [1.82, 2.24) is 15.0 Å². The highest BCUT2D eigenvalue weighted by atomic mass is 35.5. The maximum atomic E-state index is 14.7. The van der Waals surface area contributed by atoms with E-state index in [1.165, 1.54) is 53.8 Å². The summed E-state index contributed by atoms with van der Waals surface area (Å²) in [5.74, 6) is -1.06. The first kappa shape index (κ1) is 21.8. The molecule has 10 heteroatoms. The number of nitrogens with zero attached hydrogens (tertiary/aromatic N) is 4. The molecule has 1 amide bonds. The van der Waals surface area contributed by atoms with Crippen molar-refractivity contribution in [2.45, 2.75) is 11.6 Å². The lowest BCUT2D eigenvalue weighted by Crippen LogP contribution is -2.32. The van der Waals surface area contributed by atoms with Gasteiger partial charge in [0.2, 0.25) is 0 Å². The van der Waals surface area contributed by atoms with Crippen molar-refractivity contribution in [3.8, 4) is 0 Å². The van der Waals surface area contributed by atoms with E-state index in [2.05, 4.69) is 15.0 Å². The first-order chi connectivity index (χ1) is 15.2. The predicted octanol–water partition coefficient (Wildman–Crippen LogP) is 4.07. The van der Waals surface area contributed by atoms with Gasteiger partial charge < -0.3 is 4.90 Å². The van der Waals surface area contributed by atoms with Gasteiger partial charge in [-0.25, -0.2) is 22.8 Å². The van der Waals surface area contributed by atoms with Crippen LogP contribution in [0.5, 0.6) is 0 Å². The zero-order chi connectivity index (χ0) is 22.9. The third-order valence-electron chi connectivity index (χ3n) is 4.67. The third kappa shape index (κ3) is 4.44. The summed E-state index contributed by atoms with van der Waals surface area (Å²) in [5.41, 5.74) is 1.02. The molecule has 0 bridgehead atoms. The van der Waals surface area contributed by atoms with Crippen molar-refractivity contribution >= 4 is 43.9 Å². The van der Waals surface area contributed by atoms with Gasteiger partial charge in [0.15, 0.2) is 14.9 Å². The fourth-order valence-corrected chi connectivity index (χ4v) is 4.24. The van der Waals surface area contributed by atoms with Gasteiger partial charge in [-0.05, 0) is 54.1 Å². The lowest BCUT2D eigenvalue weighted by molar-refractivity contribution is 0.0984. The molecule has 0 aliphatic heterocycles. The Morgan fingerprint density at radius 1 is 1.12 bits per heavy atom. The molecule has 4 aromatic rings. The van der Waals surface area contributed by atoms with E-state index in [0.717, 1.165) is 6.26 Å². The van der Waals surface area contributed by atoms with Crippen LogP contribution in [0.25, 0.3) is 10.9 Å². The molecule has 0 saturated carbocycles. The van der Waals surface area contributed by atoms with Crippen LogP contribution in [0.1, 0.15) is 15.9 Å². The van der Waals surface area contributed by atoms with E-state index >= 15 is 0 Å². The van der Waals surface area contributed by atoms with E-state index < -0.39 is 21.6 Å². The summed E-state index contributed by atoms with van der Waals surface area (Å²) in [6.45, 7) is -0.136. The number of hydrogen-bond acceptors (Lipinski definition) is 6. The molecule has 32 heavy (non-hydrogen) atoms. The molecule has 162 valence electrons. The van der Waals surface area contributed by atoms with E-state index in [0.29, 0.717) is 11.1 Å². The Morgan fingerprint density at radius 3 is 2.62 bits per heavy atom. The SMILES string of the molecule is CS(=O)(=O)c1ncccc1N(Cc1cc(F)c2ccc(Cl)nc2c1)C(=O)c1cccnc1. The van der Waals surface area contributed by atoms with Crippen molar-refractivity contribution in [2.24, 2.45) is 0 Å². The number of benzene rings is 1. The molecule has 1 aromatic carbocycles. The Morgan fingerprint density at radius 2 is 1.91 bits per heavy atom. The number of amides is 1. The topological polar surface area (TPSA) is 93.1 Å². The number of sulfone groups is 1. The lowest BCUT2D eigenvalue weighted by Gasteiger charge is -2.24. The van der Waals surface area contributed by atoms with Gasteiger partial charge in [-0.15, -0.1) is 0 Å². The Bertz CT molecular complexity index is 1430. The summed E-state index contributed by atoms with van der Waals surface area (Å²) in [6.07, 6.45) is 5.22. The van der Waals surface area contributed by atoms with Gasteiger partial charge in [0.1, 0.15) is 11.0 Å². The Labute approximate surface area is 188 Å². The highest BCUT2D eigenvalue weighted by molar-refractivity contribution is 7.90. The van der Waals surface area contributed by atoms with Crippen LogP contribution in [0.15, 0.2) is 72.1 Å². The zero-order valence-electron chi connectivity index (χ0n) is 16.7. The van der Waals surface area contributed by atoms with Gasteiger partial charge in [0, 0.05) is 30.2 Å². The molecule has 0 saturated heterocycles. The number of anilines is 1. The minimum Gasteiger partial charge on any atom is -0.301 e. The first-order valence-electron chi connectivity index (χ1n) is 9.35. The fraction of sp³-hybridized carbons (Fsp3) is 0.0909. The monoisotopic (exact) mass is 470 g/mol. The highest BCUT2D eigenvalue weighted by Gasteiger charge is 2.26. The maximum Gasteiger partial charge on any atom is 0.260 e. The second kappa shape index (κ2) is 8.60. The lowest BCUT2D eigenvalue weighted by atomic mass is 10.1. The average molecular weight is 471 g/mol. The molecule has 0 spiro atoms. The number of halogens is 2. The van der Waals surface area contributed by atoms with Crippen LogP contribution in [0, 0.1) is 5.82 Å². The van der Waals surface area contributed by atoms with E-state index in [1.54, 1.807) is 18.2 Å². The summed E-state index contributed by atoms with van der Waals surface area (Å²) in [7, 11) is -3.76. The number of carbonyl (C=O) groups is 1. The van der Waals surface area contributed by atoms with E-state index in [1.807, 2.05) is 0 Å². The molecule has 0 aliphatic rings. The van der Waals surface area contributed by atoms with E-state index in [9.17, 15) is 17.6 Å². The number of hydrogen-bond donors (Lipinski definition) is 0. The predicted molar refractivity (Wildman–Crippen MR) is 119 cm³/mol. The van der Waals surface area contributed by atoms with Crippen molar-refractivity contribution in [2.75, 3.05) is 11.2 Å². The standard InChI is InChI=1S/C22H16ClFN4O3S/c1-32(30,31)21-19(5-3-9-26-21)28(22(29)15-4-2-8-25-12-15)13-14-10-17(24)16-6-7-20(23)27-18(16)11-14/h2-12H,13H2,1H3. The summed E-state index contributed by atoms with van der Waals surface area (Å²) >= 11 is 5.95. The van der Waals surface area contributed by atoms with Gasteiger partial charge in [0.25, 0.3) is 5.91 Å². The number of rotatable bonds is 5. The number of pyridine rings is 3. The summed E-state index contributed by atoms with van der Waals surface area (Å²) in [5, 5.41) is 0.213. The number of carbonyl (C=O) groups excluding carboxylic acids is 1. The van der Waals surface area contributed by atoms with Crippen LogP contribution < -0.4 is 4.90 Å². The van der Waals surface area contributed by atoms with Gasteiger partial charge in [-0.2, -0.15) is 0 Å². The molecule has 0 radical (unpaired) electrons. The molecule has 3 heterocycles. The first-order valence-corrected chi connectivity index (χ1v) is 11.6. The Balaban J connectivity index is 1.86. The van der Waals surface area contributed by atoms with Crippen molar-refractivity contribution < 1.29 is 17.6 Å². The van der Waals surface area contributed by atoms with Crippen LogP contribution >= 0.6 is 11.6 Å². The van der Waals surface area contributed by atoms with Crippen molar-refractivity contribution in [1.29, 1.82) is 0 Å². The molecule has 3 aromatic heterocycles. The minimum atomic E-state index is -3.76. The van der Waals surface area contributed by atoms with Crippen LogP contribution in [0.4, 0.5) is 10.1 Å². The normalized spacial score (nSPS) is 11.5. The average Bonchev–Trinajstić information content (AvgIpc) is 2.77. The second-order valence-electron chi connectivity index (χ2n) is 7.01. The van der Waals surface area contributed by atoms with Gasteiger partial charge in [0.05, 0.1) is 23.3 Å². The maximum absolute atomic E-state index is 14.7. The molecule has 0 atom stereocenters. The third-order valence-corrected chi connectivity index (χ3v) is 5.90. The summed E-state index contributed by atoms with van der Waals surface area (Å²) < 4.78 is 39.4. The second-order valence-corrected chi connectivity index (χ2v) is 9.33. The summed E-state index contributed by atoms with van der Waals surface area (Å²) in [6, 6.07) is 12.0. The molecule has 0 N–H and O–H groups in total. The van der Waals surface area contributed by atoms with Crippen molar-refractivity contribution in [3.05, 3.63) is 89.2 Å². The van der Waals surface area contributed by atoms with Crippen LogP contribution in [-0.4, -0.2) is 35.5 Å². The van der Waals surface area contributed by atoms with Crippen molar-refractivity contribution in [3.63, 3.8) is 0 Å². The van der Waals surface area contributed by atoms with Crippen LogP contribution in [-0.2, 0) is 16.4 Å². The van der Waals surface area contributed by atoms with Crippen LogP contribution in [0.3, 0.4) is 0 Å². The molecule has 0 fully saturated rings. The number of fused-ring (bicyclic) bond motifs is 1. The molecule has 0 aliphatic carbocycles. The van der Waals surface area contributed by atoms with Gasteiger partial charge >= 0.3 is 0 Å². The Kier molecular flexibility index (Phi) is 5.86. The van der Waals surface area contributed by atoms with Gasteiger partial charge in [-0.3, -0.25) is 9.78 Å². The van der Waals surface area contributed by atoms with E-state index in [-0.39, 0.29) is 33.4 Å². The molecule has 0 unspecified atom stereocenters. The minimum absolute atomic E-state index is 0.0726. The Hall–Kier alpha value is -3.43. The quantitative estimate of drug-likeness (QED) is 0.408. The summed E-state index contributed by atoms with van der Waals surface area (Å²) in [4.78, 5) is 26.7. The number of aromatic nitrogens is 3.